The second-order valence-corrected chi connectivity index (χ2v) is 13.5. The number of amides is 5. The Morgan fingerprint density at radius 2 is 1.50 bits per heavy atom. The number of nitrogens with one attached hydrogen (secondary N) is 2. The van der Waals surface area contributed by atoms with Gasteiger partial charge in [0.25, 0.3) is 0 Å². The minimum absolute atomic E-state index is 0.0223. The van der Waals surface area contributed by atoms with Gasteiger partial charge in [0.2, 0.25) is 30.0 Å². The first kappa shape index (κ1) is 39.3. The summed E-state index contributed by atoms with van der Waals surface area (Å²) in [5, 5.41) is 25.7. The Labute approximate surface area is 263 Å². The van der Waals surface area contributed by atoms with Gasteiger partial charge >= 0.3 is 0 Å². The zero-order valence-corrected chi connectivity index (χ0v) is 28.2. The number of likely N-dealkylation sites (tertiary alicyclic amines) is 1. The molecule has 0 aliphatic carbocycles. The van der Waals surface area contributed by atoms with Crippen LogP contribution in [0.15, 0.2) is 0 Å². The van der Waals surface area contributed by atoms with Crippen molar-refractivity contribution in [1.29, 1.82) is 0 Å². The maximum absolute atomic E-state index is 13.9. The highest BCUT2D eigenvalue weighted by Crippen LogP contribution is 2.17. The molecule has 0 bridgehead atoms. The summed E-state index contributed by atoms with van der Waals surface area (Å²) in [6.45, 7) is 12.7. The van der Waals surface area contributed by atoms with Gasteiger partial charge in [-0.1, -0.05) is 27.7 Å². The molecule has 1 aliphatic heterocycles. The Morgan fingerprint density at radius 1 is 0.932 bits per heavy atom. The number of likely N-dealkylation sites (N-methyl/N-ethyl adjacent to an activating group) is 2. The van der Waals surface area contributed by atoms with E-state index in [4.69, 9.17) is 4.74 Å². The molecule has 1 fully saturated rings. The Hall–Kier alpha value is -2.77. The molecule has 4 unspecified atom stereocenters. The summed E-state index contributed by atoms with van der Waals surface area (Å²) in [6.07, 6.45) is 2.85. The van der Waals surface area contributed by atoms with Crippen molar-refractivity contribution in [2.45, 2.75) is 116 Å². The summed E-state index contributed by atoms with van der Waals surface area (Å²) >= 11 is 0. The lowest BCUT2D eigenvalue weighted by Gasteiger charge is -2.36. The fourth-order valence-corrected chi connectivity index (χ4v) is 5.31. The van der Waals surface area contributed by atoms with Crippen molar-refractivity contribution in [1.82, 2.24) is 25.3 Å². The highest BCUT2D eigenvalue weighted by molar-refractivity contribution is 5.95. The first-order valence-corrected chi connectivity index (χ1v) is 15.7. The van der Waals surface area contributed by atoms with E-state index in [2.05, 4.69) is 10.6 Å². The van der Waals surface area contributed by atoms with Gasteiger partial charge in [-0.3, -0.25) is 24.0 Å². The standard InChI is InChI=1S/C31H57N5O8/c1-20(2)15-25(34(8)19-37)27(39)33-24(17-44-18-31(6,7)43)29(41)35(9)26(21(3)4)28(40)32-23(16-22(5)38)30(42)36-13-11-10-12-14-36/h19-26,38,43H,10-18H2,1-9H3,(H,32,40)(H,33,39)/t22?,23-,24?,25?,26?/m0/s1. The van der Waals surface area contributed by atoms with Crippen molar-refractivity contribution >= 4 is 30.0 Å². The molecule has 13 heteroatoms. The molecule has 1 rings (SSSR count). The number of aliphatic hydroxyl groups excluding tert-OH is 1. The fraction of sp³-hybridized carbons (Fsp3) is 0.839. The van der Waals surface area contributed by atoms with Crippen LogP contribution in [0.5, 0.6) is 0 Å². The summed E-state index contributed by atoms with van der Waals surface area (Å²) in [7, 11) is 2.93. The monoisotopic (exact) mass is 627 g/mol. The number of aliphatic hydroxyl groups is 2. The van der Waals surface area contributed by atoms with Crippen LogP contribution >= 0.6 is 0 Å². The molecule has 1 aliphatic rings. The third kappa shape index (κ3) is 13.1. The number of nitrogens with zero attached hydrogens (tertiary/aromatic N) is 3. The molecule has 1 saturated heterocycles. The first-order chi connectivity index (χ1) is 20.4. The third-order valence-electron chi connectivity index (χ3n) is 7.53. The van der Waals surface area contributed by atoms with Gasteiger partial charge < -0.3 is 40.3 Å². The lowest BCUT2D eigenvalue weighted by atomic mass is 9.99. The Kier molecular flexibility index (Phi) is 16.3. The van der Waals surface area contributed by atoms with Crippen molar-refractivity contribution in [3.8, 4) is 0 Å². The first-order valence-electron chi connectivity index (χ1n) is 15.7. The van der Waals surface area contributed by atoms with E-state index in [0.29, 0.717) is 25.9 Å². The molecule has 0 aromatic carbocycles. The lowest BCUT2D eigenvalue weighted by Crippen LogP contribution is -2.61. The van der Waals surface area contributed by atoms with Crippen LogP contribution in [0.3, 0.4) is 0 Å². The number of rotatable bonds is 18. The number of hydrogen-bond acceptors (Lipinski definition) is 8. The van der Waals surface area contributed by atoms with Crippen molar-refractivity contribution < 1.29 is 38.9 Å². The van der Waals surface area contributed by atoms with E-state index in [1.54, 1.807) is 39.5 Å². The molecule has 5 amide bonds. The van der Waals surface area contributed by atoms with Crippen LogP contribution in [-0.4, -0.2) is 131 Å². The molecular formula is C31H57N5O8. The van der Waals surface area contributed by atoms with Crippen LogP contribution in [0, 0.1) is 11.8 Å². The molecule has 0 saturated carbocycles. The zero-order valence-electron chi connectivity index (χ0n) is 28.2. The molecule has 0 radical (unpaired) electrons. The average molecular weight is 628 g/mol. The van der Waals surface area contributed by atoms with Crippen molar-refractivity contribution in [3.05, 3.63) is 0 Å². The second-order valence-electron chi connectivity index (χ2n) is 13.5. The van der Waals surface area contributed by atoms with Crippen LogP contribution in [0.2, 0.25) is 0 Å². The SMILES string of the molecule is CC(C)CC(C(=O)NC(COCC(C)(C)O)C(=O)N(C)C(C(=O)N[C@@H](CC(C)O)C(=O)N1CCCCC1)C(C)C)N(C)C=O. The molecule has 0 aromatic heterocycles. The largest absolute Gasteiger partial charge is 0.393 e. The van der Waals surface area contributed by atoms with Crippen LogP contribution in [0.4, 0.5) is 0 Å². The van der Waals surface area contributed by atoms with E-state index in [-0.39, 0.29) is 37.4 Å². The lowest BCUT2D eigenvalue weighted by molar-refractivity contribution is -0.147. The number of hydrogen-bond donors (Lipinski definition) is 4. The molecule has 13 nitrogen and oxygen atoms in total. The Balaban J connectivity index is 3.27. The molecule has 1 heterocycles. The van der Waals surface area contributed by atoms with Crippen molar-refractivity contribution in [3.63, 3.8) is 0 Å². The number of piperidine rings is 1. The van der Waals surface area contributed by atoms with Gasteiger partial charge in [0.15, 0.2) is 0 Å². The molecule has 0 aromatic rings. The number of ether oxygens (including phenoxy) is 1. The van der Waals surface area contributed by atoms with Gasteiger partial charge in [0, 0.05) is 33.6 Å². The van der Waals surface area contributed by atoms with Crippen molar-refractivity contribution in [2.75, 3.05) is 40.4 Å². The van der Waals surface area contributed by atoms with Crippen molar-refractivity contribution in [2.24, 2.45) is 11.8 Å². The van der Waals surface area contributed by atoms with Gasteiger partial charge in [-0.05, 0) is 58.3 Å². The van der Waals surface area contributed by atoms with E-state index in [1.165, 1.54) is 23.9 Å². The maximum atomic E-state index is 13.9. The quantitative estimate of drug-likeness (QED) is 0.159. The smallest absolute Gasteiger partial charge is 0.247 e. The second kappa shape index (κ2) is 18.3. The highest BCUT2D eigenvalue weighted by Gasteiger charge is 2.38. The Bertz CT molecular complexity index is 946. The summed E-state index contributed by atoms with van der Waals surface area (Å²) in [5.41, 5.74) is -1.19. The summed E-state index contributed by atoms with van der Waals surface area (Å²) < 4.78 is 5.61. The predicted molar refractivity (Wildman–Crippen MR) is 166 cm³/mol. The minimum atomic E-state index is -1.23. The Morgan fingerprint density at radius 3 is 1.98 bits per heavy atom. The summed E-state index contributed by atoms with van der Waals surface area (Å²) in [4.78, 5) is 70.0. The summed E-state index contributed by atoms with van der Waals surface area (Å²) in [5.74, 6) is -2.31. The normalized spacial score (nSPS) is 17.3. The minimum Gasteiger partial charge on any atom is -0.393 e. The van der Waals surface area contributed by atoms with E-state index < -0.39 is 53.6 Å². The van der Waals surface area contributed by atoms with Gasteiger partial charge in [-0.25, -0.2) is 0 Å². The van der Waals surface area contributed by atoms with Gasteiger partial charge in [-0.15, -0.1) is 0 Å². The zero-order chi connectivity index (χ0) is 33.8. The topological polar surface area (TPSA) is 169 Å². The average Bonchev–Trinajstić information content (AvgIpc) is 2.92. The van der Waals surface area contributed by atoms with Crippen LogP contribution in [0.1, 0.15) is 80.6 Å². The van der Waals surface area contributed by atoms with E-state index in [0.717, 1.165) is 19.3 Å². The van der Waals surface area contributed by atoms with Crippen LogP contribution < -0.4 is 10.6 Å². The van der Waals surface area contributed by atoms with E-state index >= 15 is 0 Å². The molecule has 0 spiro atoms. The van der Waals surface area contributed by atoms with Gasteiger partial charge in [-0.2, -0.15) is 0 Å². The van der Waals surface area contributed by atoms with Crippen LogP contribution in [0.25, 0.3) is 0 Å². The predicted octanol–water partition coefficient (Wildman–Crippen LogP) is 0.513. The van der Waals surface area contributed by atoms with E-state index in [1.807, 2.05) is 13.8 Å². The molecule has 5 atom stereocenters. The third-order valence-corrected chi connectivity index (χ3v) is 7.53. The molecule has 4 N–H and O–H groups in total. The number of carbonyl (C=O) groups excluding carboxylic acids is 5. The van der Waals surface area contributed by atoms with Gasteiger partial charge in [0.05, 0.1) is 24.9 Å². The molecular weight excluding hydrogens is 570 g/mol. The maximum Gasteiger partial charge on any atom is 0.247 e. The van der Waals surface area contributed by atoms with E-state index in [9.17, 15) is 34.2 Å². The van der Waals surface area contributed by atoms with Gasteiger partial charge in [0.1, 0.15) is 24.2 Å². The number of carbonyl (C=O) groups is 5. The molecule has 254 valence electrons. The fourth-order valence-electron chi connectivity index (χ4n) is 5.31. The highest BCUT2D eigenvalue weighted by atomic mass is 16.5. The molecule has 44 heavy (non-hydrogen) atoms. The summed E-state index contributed by atoms with van der Waals surface area (Å²) in [6, 6.07) is -4.06. The van der Waals surface area contributed by atoms with Crippen LogP contribution in [-0.2, 0) is 28.7 Å².